The highest BCUT2D eigenvalue weighted by molar-refractivity contribution is 5.92. The first-order valence-electron chi connectivity index (χ1n) is 6.21. The highest BCUT2D eigenvalue weighted by atomic mass is 16.5. The monoisotopic (exact) mass is 250 g/mol. The first-order valence-corrected chi connectivity index (χ1v) is 6.21. The van der Waals surface area contributed by atoms with Crippen molar-refractivity contribution in [2.24, 2.45) is 0 Å². The van der Waals surface area contributed by atoms with E-state index in [1.54, 1.807) is 18.2 Å². The van der Waals surface area contributed by atoms with Gasteiger partial charge >= 0.3 is 5.97 Å². The molecule has 1 atom stereocenters. The topological polar surface area (TPSA) is 55.6 Å². The number of rotatable bonds is 5. The molecule has 4 nitrogen and oxygen atoms in total. The average molecular weight is 250 g/mol. The van der Waals surface area contributed by atoms with Crippen LogP contribution < -0.4 is 10.6 Å². The van der Waals surface area contributed by atoms with Gasteiger partial charge in [0.25, 0.3) is 0 Å². The van der Waals surface area contributed by atoms with E-state index in [9.17, 15) is 4.79 Å². The summed E-state index contributed by atoms with van der Waals surface area (Å²) in [4.78, 5) is 13.6. The van der Waals surface area contributed by atoms with Crippen LogP contribution in [0.1, 0.15) is 37.0 Å². The Balaban J connectivity index is 3.03. The van der Waals surface area contributed by atoms with Gasteiger partial charge in [-0.25, -0.2) is 4.79 Å². The highest BCUT2D eigenvalue weighted by Crippen LogP contribution is 2.26. The van der Waals surface area contributed by atoms with Crippen LogP contribution in [-0.4, -0.2) is 26.2 Å². The minimum atomic E-state index is -0.340. The number of nitrogens with two attached hydrogens (primary N) is 1. The highest BCUT2D eigenvalue weighted by Gasteiger charge is 2.14. The van der Waals surface area contributed by atoms with E-state index >= 15 is 0 Å². The Morgan fingerprint density at radius 1 is 1.50 bits per heavy atom. The van der Waals surface area contributed by atoms with E-state index in [1.807, 2.05) is 7.05 Å². The molecule has 0 aliphatic rings. The average Bonchev–Trinajstić information content (AvgIpc) is 2.37. The van der Waals surface area contributed by atoms with Gasteiger partial charge in [-0.2, -0.15) is 0 Å². The van der Waals surface area contributed by atoms with Crippen LogP contribution in [0.4, 0.5) is 11.4 Å². The number of carbonyl (C=O) groups excluding carboxylic acids is 1. The van der Waals surface area contributed by atoms with Crippen LogP contribution in [0.25, 0.3) is 0 Å². The first-order chi connectivity index (χ1) is 8.51. The van der Waals surface area contributed by atoms with Crippen LogP contribution in [0.2, 0.25) is 0 Å². The second-order valence-corrected chi connectivity index (χ2v) is 4.51. The number of hydrogen-bond donors (Lipinski definition) is 1. The van der Waals surface area contributed by atoms with Gasteiger partial charge in [0.1, 0.15) is 0 Å². The van der Waals surface area contributed by atoms with Gasteiger partial charge in [-0.1, -0.05) is 13.3 Å². The fourth-order valence-electron chi connectivity index (χ4n) is 1.94. The zero-order chi connectivity index (χ0) is 13.7. The van der Waals surface area contributed by atoms with E-state index in [0.29, 0.717) is 17.3 Å². The fraction of sp³-hybridized carbons (Fsp3) is 0.500. The molecule has 1 aromatic carbocycles. The molecule has 18 heavy (non-hydrogen) atoms. The summed E-state index contributed by atoms with van der Waals surface area (Å²) in [5.74, 6) is -0.340. The molecule has 0 fully saturated rings. The van der Waals surface area contributed by atoms with E-state index in [0.717, 1.165) is 18.5 Å². The standard InChI is InChI=1S/C14H22N2O2/c1-5-6-10(2)16(3)13-9-11(14(17)18-4)7-8-12(13)15/h7-10H,5-6,15H2,1-4H3. The van der Waals surface area contributed by atoms with Crippen molar-refractivity contribution in [3.8, 4) is 0 Å². The molecule has 0 heterocycles. The van der Waals surface area contributed by atoms with Crippen molar-refractivity contribution in [1.29, 1.82) is 0 Å². The maximum Gasteiger partial charge on any atom is 0.337 e. The lowest BCUT2D eigenvalue weighted by Crippen LogP contribution is -2.29. The number of esters is 1. The fourth-order valence-corrected chi connectivity index (χ4v) is 1.94. The molecular weight excluding hydrogens is 228 g/mol. The number of methoxy groups -OCH3 is 1. The van der Waals surface area contributed by atoms with Crippen LogP contribution in [0.5, 0.6) is 0 Å². The third-order valence-corrected chi connectivity index (χ3v) is 3.20. The first kappa shape index (κ1) is 14.4. The Kier molecular flexibility index (Phi) is 5.01. The maximum atomic E-state index is 11.5. The molecule has 1 rings (SSSR count). The lowest BCUT2D eigenvalue weighted by molar-refractivity contribution is 0.0601. The summed E-state index contributed by atoms with van der Waals surface area (Å²) >= 11 is 0. The molecule has 0 radical (unpaired) electrons. The Hall–Kier alpha value is -1.71. The van der Waals surface area contributed by atoms with Gasteiger partial charge in [0.2, 0.25) is 0 Å². The molecule has 0 spiro atoms. The van der Waals surface area contributed by atoms with Gasteiger partial charge in [-0.05, 0) is 31.5 Å². The number of nitrogen functional groups attached to an aromatic ring is 1. The minimum Gasteiger partial charge on any atom is -0.465 e. The molecule has 1 unspecified atom stereocenters. The summed E-state index contributed by atoms with van der Waals surface area (Å²) in [6, 6.07) is 5.60. The van der Waals surface area contributed by atoms with E-state index in [-0.39, 0.29) is 5.97 Å². The molecule has 100 valence electrons. The van der Waals surface area contributed by atoms with Crippen LogP contribution in [0.3, 0.4) is 0 Å². The van der Waals surface area contributed by atoms with Gasteiger partial charge in [-0.3, -0.25) is 0 Å². The van der Waals surface area contributed by atoms with Gasteiger partial charge in [-0.15, -0.1) is 0 Å². The summed E-state index contributed by atoms with van der Waals surface area (Å²) in [5.41, 5.74) is 8.05. The van der Waals surface area contributed by atoms with E-state index < -0.39 is 0 Å². The van der Waals surface area contributed by atoms with Crippen LogP contribution in [0, 0.1) is 0 Å². The summed E-state index contributed by atoms with van der Waals surface area (Å²) in [6.07, 6.45) is 2.19. The number of nitrogens with zero attached hydrogens (tertiary/aromatic N) is 1. The molecule has 0 aliphatic carbocycles. The summed E-state index contributed by atoms with van der Waals surface area (Å²) in [6.45, 7) is 4.30. The van der Waals surface area contributed by atoms with Gasteiger partial charge in [0, 0.05) is 13.1 Å². The Morgan fingerprint density at radius 3 is 2.72 bits per heavy atom. The zero-order valence-corrected chi connectivity index (χ0v) is 11.6. The molecule has 0 aromatic heterocycles. The van der Waals surface area contributed by atoms with E-state index in [4.69, 9.17) is 10.5 Å². The van der Waals surface area contributed by atoms with Crippen molar-refractivity contribution in [2.75, 3.05) is 24.8 Å². The van der Waals surface area contributed by atoms with Crippen molar-refractivity contribution in [3.63, 3.8) is 0 Å². The van der Waals surface area contributed by atoms with Gasteiger partial charge in [0.05, 0.1) is 24.0 Å². The Bertz CT molecular complexity index is 418. The SMILES string of the molecule is CCCC(C)N(C)c1cc(C(=O)OC)ccc1N. The lowest BCUT2D eigenvalue weighted by Gasteiger charge is -2.28. The van der Waals surface area contributed by atoms with Crippen molar-refractivity contribution in [1.82, 2.24) is 0 Å². The predicted octanol–water partition coefficient (Wildman–Crippen LogP) is 2.68. The van der Waals surface area contributed by atoms with Crippen LogP contribution >= 0.6 is 0 Å². The lowest BCUT2D eigenvalue weighted by atomic mass is 10.1. The molecular formula is C14H22N2O2. The molecule has 1 aromatic rings. The second kappa shape index (κ2) is 6.28. The number of benzene rings is 1. The molecule has 0 saturated heterocycles. The molecule has 2 N–H and O–H groups in total. The van der Waals surface area contributed by atoms with Crippen molar-refractivity contribution >= 4 is 17.3 Å². The third kappa shape index (κ3) is 3.15. The summed E-state index contributed by atoms with van der Waals surface area (Å²) < 4.78 is 4.72. The zero-order valence-electron chi connectivity index (χ0n) is 11.6. The third-order valence-electron chi connectivity index (χ3n) is 3.20. The molecule has 0 aliphatic heterocycles. The van der Waals surface area contributed by atoms with Crippen molar-refractivity contribution < 1.29 is 9.53 Å². The molecule has 0 saturated carbocycles. The van der Waals surface area contributed by atoms with Crippen LogP contribution in [0.15, 0.2) is 18.2 Å². The Labute approximate surface area is 109 Å². The van der Waals surface area contributed by atoms with Crippen LogP contribution in [-0.2, 0) is 4.74 Å². The maximum absolute atomic E-state index is 11.5. The molecule has 0 bridgehead atoms. The van der Waals surface area contributed by atoms with Crippen molar-refractivity contribution in [2.45, 2.75) is 32.7 Å². The summed E-state index contributed by atoms with van der Waals surface area (Å²) in [7, 11) is 3.37. The van der Waals surface area contributed by atoms with E-state index in [1.165, 1.54) is 7.11 Å². The van der Waals surface area contributed by atoms with Gasteiger partial charge < -0.3 is 15.4 Å². The normalized spacial score (nSPS) is 12.0. The smallest absolute Gasteiger partial charge is 0.337 e. The second-order valence-electron chi connectivity index (χ2n) is 4.51. The molecule has 4 heteroatoms. The predicted molar refractivity (Wildman–Crippen MR) is 75.0 cm³/mol. The van der Waals surface area contributed by atoms with Crippen molar-refractivity contribution in [3.05, 3.63) is 23.8 Å². The number of ether oxygens (including phenoxy) is 1. The molecule has 0 amide bonds. The van der Waals surface area contributed by atoms with Gasteiger partial charge in [0.15, 0.2) is 0 Å². The quantitative estimate of drug-likeness (QED) is 0.645. The largest absolute Gasteiger partial charge is 0.465 e. The summed E-state index contributed by atoms with van der Waals surface area (Å²) in [5, 5.41) is 0. The number of carbonyl (C=O) groups is 1. The number of hydrogen-bond acceptors (Lipinski definition) is 4. The Morgan fingerprint density at radius 2 is 2.17 bits per heavy atom. The van der Waals surface area contributed by atoms with E-state index in [2.05, 4.69) is 18.7 Å². The minimum absolute atomic E-state index is 0.340. The number of anilines is 2.